The fourth-order valence-electron chi connectivity index (χ4n) is 1.17. The van der Waals surface area contributed by atoms with E-state index in [1.54, 1.807) is 7.05 Å². The molecule has 0 amide bonds. The summed E-state index contributed by atoms with van der Waals surface area (Å²) >= 11 is 0. The molecule has 0 saturated carbocycles. The summed E-state index contributed by atoms with van der Waals surface area (Å²) in [5, 5.41) is 0. The predicted octanol–water partition coefficient (Wildman–Crippen LogP) is 2.52. The van der Waals surface area contributed by atoms with Gasteiger partial charge < -0.3 is 0 Å². The Balaban J connectivity index is 3.13. The van der Waals surface area contributed by atoms with Gasteiger partial charge in [-0.25, -0.2) is 0 Å². The second kappa shape index (κ2) is 2.87. The van der Waals surface area contributed by atoms with E-state index < -0.39 is 0 Å². The molecule has 1 aliphatic carbocycles. The smallest absolute Gasteiger partial charge is 0.0668 e. The molecule has 0 fully saturated rings. The summed E-state index contributed by atoms with van der Waals surface area (Å²) in [6.07, 6.45) is 4.15. The van der Waals surface area contributed by atoms with Gasteiger partial charge in [0.05, 0.1) is 5.71 Å². The lowest BCUT2D eigenvalue weighted by atomic mass is 9.94. The van der Waals surface area contributed by atoms with Gasteiger partial charge in [0.25, 0.3) is 0 Å². The van der Waals surface area contributed by atoms with Crippen LogP contribution in [0, 0.1) is 0 Å². The molecule has 0 bridgehead atoms. The van der Waals surface area contributed by atoms with E-state index in [9.17, 15) is 0 Å². The van der Waals surface area contributed by atoms with Crippen molar-refractivity contribution in [2.24, 2.45) is 4.99 Å². The molecule has 0 aliphatic heterocycles. The summed E-state index contributed by atoms with van der Waals surface area (Å²) < 4.78 is 0. The van der Waals surface area contributed by atoms with Crippen LogP contribution in [0.2, 0.25) is 0 Å². The Bertz CT molecular complexity index is 273. The molecule has 0 radical (unpaired) electrons. The maximum Gasteiger partial charge on any atom is 0.0668 e. The van der Waals surface area contributed by atoms with Crippen molar-refractivity contribution in [3.63, 3.8) is 0 Å². The van der Waals surface area contributed by atoms with Crippen LogP contribution in [0.3, 0.4) is 0 Å². The lowest BCUT2D eigenvalue weighted by molar-refractivity contribution is 1.34. The van der Waals surface area contributed by atoms with Crippen LogP contribution in [0.1, 0.15) is 13.8 Å². The first kappa shape index (κ1) is 7.99. The predicted molar refractivity (Wildman–Crippen MR) is 50.0 cm³/mol. The van der Waals surface area contributed by atoms with Gasteiger partial charge in [0, 0.05) is 7.05 Å². The van der Waals surface area contributed by atoms with E-state index >= 15 is 0 Å². The van der Waals surface area contributed by atoms with Crippen molar-refractivity contribution in [2.75, 3.05) is 7.05 Å². The van der Waals surface area contributed by atoms with Crippen molar-refractivity contribution in [1.82, 2.24) is 0 Å². The van der Waals surface area contributed by atoms with E-state index in [1.165, 1.54) is 11.1 Å². The molecule has 11 heavy (non-hydrogen) atoms. The average molecular weight is 147 g/mol. The third kappa shape index (κ3) is 1.32. The van der Waals surface area contributed by atoms with E-state index in [4.69, 9.17) is 0 Å². The van der Waals surface area contributed by atoms with Crippen LogP contribution < -0.4 is 0 Å². The Hall–Kier alpha value is -1.11. The summed E-state index contributed by atoms with van der Waals surface area (Å²) in [4.78, 5) is 4.17. The summed E-state index contributed by atoms with van der Waals surface area (Å²) in [5.41, 5.74) is 4.48. The summed E-state index contributed by atoms with van der Waals surface area (Å²) in [7, 11) is 1.80. The maximum absolute atomic E-state index is 4.17. The first-order valence-corrected chi connectivity index (χ1v) is 3.69. The van der Waals surface area contributed by atoms with Crippen LogP contribution in [0.5, 0.6) is 0 Å². The molecule has 1 rings (SSSR count). The van der Waals surface area contributed by atoms with E-state index in [1.807, 2.05) is 0 Å². The zero-order valence-corrected chi connectivity index (χ0v) is 7.31. The van der Waals surface area contributed by atoms with E-state index in [-0.39, 0.29) is 0 Å². The van der Waals surface area contributed by atoms with E-state index in [0.29, 0.717) is 0 Å². The minimum absolute atomic E-state index is 1.03. The van der Waals surface area contributed by atoms with Crippen molar-refractivity contribution in [3.05, 3.63) is 35.5 Å². The largest absolute Gasteiger partial charge is 0.288 e. The normalized spacial score (nSPS) is 21.7. The van der Waals surface area contributed by atoms with Crippen molar-refractivity contribution in [2.45, 2.75) is 13.8 Å². The first-order valence-electron chi connectivity index (χ1n) is 3.69. The molecule has 0 unspecified atom stereocenters. The summed E-state index contributed by atoms with van der Waals surface area (Å²) in [5.74, 6) is 0. The van der Waals surface area contributed by atoms with Gasteiger partial charge in [0.15, 0.2) is 0 Å². The zero-order chi connectivity index (χ0) is 8.43. The Morgan fingerprint density at radius 3 is 2.18 bits per heavy atom. The molecular weight excluding hydrogens is 134 g/mol. The Morgan fingerprint density at radius 2 is 1.73 bits per heavy atom. The highest BCUT2D eigenvalue weighted by atomic mass is 14.7. The lowest BCUT2D eigenvalue weighted by Gasteiger charge is -2.13. The van der Waals surface area contributed by atoms with E-state index in [2.05, 4.69) is 37.6 Å². The van der Waals surface area contributed by atoms with Gasteiger partial charge in [-0.3, -0.25) is 4.99 Å². The maximum atomic E-state index is 4.17. The molecule has 0 saturated heterocycles. The molecule has 58 valence electrons. The number of aliphatic imine (C=N–C) groups is 1. The zero-order valence-electron chi connectivity index (χ0n) is 7.31. The highest BCUT2D eigenvalue weighted by Crippen LogP contribution is 2.19. The number of hydrogen-bond acceptors (Lipinski definition) is 1. The fraction of sp³-hybridized carbons (Fsp3) is 0.300. The third-order valence-corrected chi connectivity index (χ3v) is 1.94. The standard InChI is InChI=1S/C10H13N/c1-7-5-6-8(2)10(11-4)9(7)3/h5-6H,3H2,1-2,4H3. The van der Waals surface area contributed by atoms with Crippen molar-refractivity contribution < 1.29 is 0 Å². The van der Waals surface area contributed by atoms with Crippen LogP contribution in [0.15, 0.2) is 40.4 Å². The second-order valence-electron chi connectivity index (χ2n) is 2.75. The molecule has 0 heterocycles. The SMILES string of the molecule is C=C1C(C)=CC=C(C)C1=NC. The minimum atomic E-state index is 1.03. The summed E-state index contributed by atoms with van der Waals surface area (Å²) in [6.45, 7) is 8.06. The third-order valence-electron chi connectivity index (χ3n) is 1.94. The van der Waals surface area contributed by atoms with Crippen LogP contribution in [-0.2, 0) is 0 Å². The van der Waals surface area contributed by atoms with Gasteiger partial charge >= 0.3 is 0 Å². The summed E-state index contributed by atoms with van der Waals surface area (Å²) in [6, 6.07) is 0. The monoisotopic (exact) mass is 147 g/mol. The number of hydrogen-bond donors (Lipinski definition) is 0. The van der Waals surface area contributed by atoms with Gasteiger partial charge in [-0.15, -0.1) is 0 Å². The minimum Gasteiger partial charge on any atom is -0.288 e. The van der Waals surface area contributed by atoms with Crippen LogP contribution in [0.4, 0.5) is 0 Å². The molecule has 0 atom stereocenters. The Kier molecular flexibility index (Phi) is 2.08. The Labute approximate surface area is 67.8 Å². The van der Waals surface area contributed by atoms with Gasteiger partial charge in [0.2, 0.25) is 0 Å². The van der Waals surface area contributed by atoms with E-state index in [0.717, 1.165) is 11.3 Å². The average Bonchev–Trinajstić information content (AvgIpc) is 1.99. The van der Waals surface area contributed by atoms with Crippen molar-refractivity contribution >= 4 is 5.71 Å². The highest BCUT2D eigenvalue weighted by molar-refractivity contribution is 6.15. The Morgan fingerprint density at radius 1 is 1.18 bits per heavy atom. The van der Waals surface area contributed by atoms with Gasteiger partial charge in [-0.2, -0.15) is 0 Å². The molecule has 0 aromatic heterocycles. The van der Waals surface area contributed by atoms with Crippen LogP contribution in [-0.4, -0.2) is 12.8 Å². The van der Waals surface area contributed by atoms with Gasteiger partial charge in [0.1, 0.15) is 0 Å². The topological polar surface area (TPSA) is 12.4 Å². The molecule has 0 spiro atoms. The fourth-order valence-corrected chi connectivity index (χ4v) is 1.17. The lowest BCUT2D eigenvalue weighted by Crippen LogP contribution is -2.07. The van der Waals surface area contributed by atoms with Crippen molar-refractivity contribution in [1.29, 1.82) is 0 Å². The molecule has 0 aromatic carbocycles. The highest BCUT2D eigenvalue weighted by Gasteiger charge is 2.10. The van der Waals surface area contributed by atoms with Crippen LogP contribution >= 0.6 is 0 Å². The molecular formula is C10H13N. The first-order chi connectivity index (χ1) is 5.16. The number of allylic oxidation sites excluding steroid dienone is 5. The quantitative estimate of drug-likeness (QED) is 0.499. The molecule has 1 heteroatoms. The molecule has 0 aromatic rings. The molecule has 0 N–H and O–H groups in total. The second-order valence-corrected chi connectivity index (χ2v) is 2.75. The van der Waals surface area contributed by atoms with Crippen LogP contribution in [0.25, 0.3) is 0 Å². The van der Waals surface area contributed by atoms with Gasteiger partial charge in [-0.1, -0.05) is 18.7 Å². The molecule has 1 nitrogen and oxygen atoms in total. The van der Waals surface area contributed by atoms with Gasteiger partial charge in [-0.05, 0) is 30.6 Å². The van der Waals surface area contributed by atoms with Crippen molar-refractivity contribution in [3.8, 4) is 0 Å². The number of rotatable bonds is 0. The number of nitrogens with zero attached hydrogens (tertiary/aromatic N) is 1. The molecule has 1 aliphatic rings.